The quantitative estimate of drug-likeness (QED) is 0.903. The summed E-state index contributed by atoms with van der Waals surface area (Å²) in [6.07, 6.45) is 1.78. The van der Waals surface area contributed by atoms with Crippen molar-refractivity contribution in [2.24, 2.45) is 7.05 Å². The maximum absolute atomic E-state index is 13.4. The van der Waals surface area contributed by atoms with Gasteiger partial charge in [-0.05, 0) is 13.0 Å². The minimum absolute atomic E-state index is 0.362. The lowest BCUT2D eigenvalue weighted by molar-refractivity contribution is 0.560. The van der Waals surface area contributed by atoms with Gasteiger partial charge in [-0.3, -0.25) is 4.68 Å². The molecule has 1 aromatic heterocycles. The Hall–Kier alpha value is -1.75. The van der Waals surface area contributed by atoms with Crippen LogP contribution in [-0.2, 0) is 20.1 Å². The molecule has 2 aromatic rings. The van der Waals surface area contributed by atoms with Crippen LogP contribution in [0.1, 0.15) is 16.8 Å². The van der Waals surface area contributed by atoms with Gasteiger partial charge in [0.15, 0.2) is 0 Å². The van der Waals surface area contributed by atoms with Gasteiger partial charge in [-0.25, -0.2) is 8.78 Å². The SMILES string of the molecule is Cc1c(CNCc2ccc(F)cc2F)cnn1C. The third-order valence-electron chi connectivity index (χ3n) is 2.98. The van der Waals surface area contributed by atoms with Gasteiger partial charge in [0, 0.05) is 43.0 Å². The molecule has 1 aromatic carbocycles. The van der Waals surface area contributed by atoms with E-state index in [0.29, 0.717) is 18.7 Å². The molecule has 0 spiro atoms. The molecule has 0 amide bonds. The highest BCUT2D eigenvalue weighted by atomic mass is 19.1. The smallest absolute Gasteiger partial charge is 0.130 e. The summed E-state index contributed by atoms with van der Waals surface area (Å²) in [5, 5.41) is 7.24. The predicted octanol–water partition coefficient (Wildman–Crippen LogP) is 2.30. The van der Waals surface area contributed by atoms with Crippen molar-refractivity contribution < 1.29 is 8.78 Å². The fraction of sp³-hybridized carbons (Fsp3) is 0.308. The fourth-order valence-electron chi connectivity index (χ4n) is 1.71. The van der Waals surface area contributed by atoms with Crippen molar-refractivity contribution in [1.29, 1.82) is 0 Å². The second-order valence-corrected chi connectivity index (χ2v) is 4.22. The van der Waals surface area contributed by atoms with E-state index in [0.717, 1.165) is 17.3 Å². The van der Waals surface area contributed by atoms with Crippen LogP contribution in [0.3, 0.4) is 0 Å². The largest absolute Gasteiger partial charge is 0.308 e. The average Bonchev–Trinajstić information content (AvgIpc) is 2.64. The lowest BCUT2D eigenvalue weighted by Crippen LogP contribution is -2.14. The van der Waals surface area contributed by atoms with E-state index in [2.05, 4.69) is 10.4 Å². The van der Waals surface area contributed by atoms with Gasteiger partial charge in [0.1, 0.15) is 11.6 Å². The number of aryl methyl sites for hydroxylation is 1. The molecule has 96 valence electrons. The summed E-state index contributed by atoms with van der Waals surface area (Å²) in [5.74, 6) is -1.08. The number of hydrogen-bond acceptors (Lipinski definition) is 2. The zero-order valence-electron chi connectivity index (χ0n) is 10.4. The number of rotatable bonds is 4. The summed E-state index contributed by atoms with van der Waals surface area (Å²) < 4.78 is 27.9. The van der Waals surface area contributed by atoms with E-state index < -0.39 is 11.6 Å². The Morgan fingerprint density at radius 3 is 2.56 bits per heavy atom. The molecule has 0 fully saturated rings. The van der Waals surface area contributed by atoms with Gasteiger partial charge in [0.25, 0.3) is 0 Å². The Morgan fingerprint density at radius 2 is 1.94 bits per heavy atom. The van der Waals surface area contributed by atoms with E-state index in [9.17, 15) is 8.78 Å². The standard InChI is InChI=1S/C13H15F2N3/c1-9-11(8-17-18(9)2)7-16-6-10-3-4-12(14)5-13(10)15/h3-5,8,16H,6-7H2,1-2H3. The second-order valence-electron chi connectivity index (χ2n) is 4.22. The lowest BCUT2D eigenvalue weighted by atomic mass is 10.2. The van der Waals surface area contributed by atoms with Crippen LogP contribution in [0, 0.1) is 18.6 Å². The molecule has 0 aliphatic carbocycles. The summed E-state index contributed by atoms with van der Waals surface area (Å²) in [6, 6.07) is 3.61. The summed E-state index contributed by atoms with van der Waals surface area (Å²) in [5.41, 5.74) is 2.60. The molecular weight excluding hydrogens is 236 g/mol. The van der Waals surface area contributed by atoms with Gasteiger partial charge in [-0.1, -0.05) is 6.07 Å². The normalized spacial score (nSPS) is 10.9. The van der Waals surface area contributed by atoms with Crippen molar-refractivity contribution in [3.05, 3.63) is 52.9 Å². The second kappa shape index (κ2) is 5.27. The monoisotopic (exact) mass is 251 g/mol. The molecule has 1 heterocycles. The van der Waals surface area contributed by atoms with Crippen LogP contribution in [0.4, 0.5) is 8.78 Å². The summed E-state index contributed by atoms with van der Waals surface area (Å²) in [4.78, 5) is 0. The highest BCUT2D eigenvalue weighted by molar-refractivity contribution is 5.19. The maximum Gasteiger partial charge on any atom is 0.130 e. The minimum atomic E-state index is -0.556. The fourth-order valence-corrected chi connectivity index (χ4v) is 1.71. The number of nitrogens with zero attached hydrogens (tertiary/aromatic N) is 2. The van der Waals surface area contributed by atoms with E-state index >= 15 is 0 Å². The number of nitrogens with one attached hydrogen (secondary N) is 1. The van der Waals surface area contributed by atoms with Crippen LogP contribution in [0.2, 0.25) is 0 Å². The zero-order chi connectivity index (χ0) is 13.1. The molecule has 0 atom stereocenters. The van der Waals surface area contributed by atoms with Crippen LogP contribution >= 0.6 is 0 Å². The first kappa shape index (κ1) is 12.7. The highest BCUT2D eigenvalue weighted by Gasteiger charge is 2.05. The van der Waals surface area contributed by atoms with Gasteiger partial charge in [-0.15, -0.1) is 0 Å². The topological polar surface area (TPSA) is 29.9 Å². The van der Waals surface area contributed by atoms with Crippen molar-refractivity contribution in [1.82, 2.24) is 15.1 Å². The number of halogens is 2. The third-order valence-corrected chi connectivity index (χ3v) is 2.98. The number of hydrogen-bond donors (Lipinski definition) is 1. The van der Waals surface area contributed by atoms with Crippen LogP contribution in [0.15, 0.2) is 24.4 Å². The number of aromatic nitrogens is 2. The molecule has 0 unspecified atom stereocenters. The van der Waals surface area contributed by atoms with Gasteiger partial charge in [-0.2, -0.15) is 5.10 Å². The van der Waals surface area contributed by atoms with Crippen molar-refractivity contribution in [2.75, 3.05) is 0 Å². The summed E-state index contributed by atoms with van der Waals surface area (Å²) >= 11 is 0. The van der Waals surface area contributed by atoms with E-state index in [-0.39, 0.29) is 0 Å². The van der Waals surface area contributed by atoms with Crippen molar-refractivity contribution >= 4 is 0 Å². The summed E-state index contributed by atoms with van der Waals surface area (Å²) in [6.45, 7) is 2.94. The Balaban J connectivity index is 1.94. The Morgan fingerprint density at radius 1 is 1.22 bits per heavy atom. The van der Waals surface area contributed by atoms with Gasteiger partial charge >= 0.3 is 0 Å². The molecule has 2 rings (SSSR count). The van der Waals surface area contributed by atoms with Gasteiger partial charge < -0.3 is 5.32 Å². The van der Waals surface area contributed by atoms with Crippen LogP contribution < -0.4 is 5.32 Å². The van der Waals surface area contributed by atoms with Gasteiger partial charge in [0.05, 0.1) is 6.20 Å². The molecule has 0 bridgehead atoms. The van der Waals surface area contributed by atoms with Gasteiger partial charge in [0.2, 0.25) is 0 Å². The van der Waals surface area contributed by atoms with Crippen molar-refractivity contribution in [3.8, 4) is 0 Å². The van der Waals surface area contributed by atoms with E-state index in [1.165, 1.54) is 12.1 Å². The maximum atomic E-state index is 13.4. The highest BCUT2D eigenvalue weighted by Crippen LogP contribution is 2.10. The molecule has 0 aliphatic heterocycles. The van der Waals surface area contributed by atoms with Crippen LogP contribution in [0.25, 0.3) is 0 Å². The van der Waals surface area contributed by atoms with Crippen LogP contribution in [-0.4, -0.2) is 9.78 Å². The third kappa shape index (κ3) is 2.73. The molecule has 1 N–H and O–H groups in total. The molecule has 0 saturated carbocycles. The van der Waals surface area contributed by atoms with Crippen molar-refractivity contribution in [2.45, 2.75) is 20.0 Å². The predicted molar refractivity (Wildman–Crippen MR) is 64.8 cm³/mol. The molecule has 18 heavy (non-hydrogen) atoms. The molecule has 0 aliphatic rings. The first-order valence-electron chi connectivity index (χ1n) is 5.70. The Bertz CT molecular complexity index is 549. The summed E-state index contributed by atoms with van der Waals surface area (Å²) in [7, 11) is 1.87. The van der Waals surface area contributed by atoms with E-state index in [1.54, 1.807) is 10.9 Å². The molecule has 0 radical (unpaired) electrons. The molecule has 0 saturated heterocycles. The molecule has 5 heteroatoms. The Kier molecular flexibility index (Phi) is 3.72. The zero-order valence-corrected chi connectivity index (χ0v) is 10.4. The first-order chi connectivity index (χ1) is 8.58. The van der Waals surface area contributed by atoms with E-state index in [4.69, 9.17) is 0 Å². The lowest BCUT2D eigenvalue weighted by Gasteiger charge is -2.06. The minimum Gasteiger partial charge on any atom is -0.308 e. The molecule has 3 nitrogen and oxygen atoms in total. The average molecular weight is 251 g/mol. The van der Waals surface area contributed by atoms with E-state index in [1.807, 2.05) is 14.0 Å². The molecular formula is C13H15F2N3. The first-order valence-corrected chi connectivity index (χ1v) is 5.70. The number of benzene rings is 1. The van der Waals surface area contributed by atoms with Crippen molar-refractivity contribution in [3.63, 3.8) is 0 Å². The van der Waals surface area contributed by atoms with Crippen LogP contribution in [0.5, 0.6) is 0 Å². The Labute approximate surface area is 104 Å².